The molecule has 0 fully saturated rings. The van der Waals surface area contributed by atoms with Gasteiger partial charge in [0, 0.05) is 5.56 Å². The molecule has 0 saturated heterocycles. The second kappa shape index (κ2) is 6.48. The lowest BCUT2D eigenvalue weighted by atomic mass is 10.1. The number of ether oxygens (including phenoxy) is 2. The van der Waals surface area contributed by atoms with Crippen LogP contribution in [0.15, 0.2) is 36.4 Å². The second-order valence-electron chi connectivity index (χ2n) is 4.96. The highest BCUT2D eigenvalue weighted by atomic mass is 19.1. The highest BCUT2D eigenvalue weighted by molar-refractivity contribution is 5.51. The van der Waals surface area contributed by atoms with Crippen LogP contribution < -0.4 is 14.8 Å². The fourth-order valence-corrected chi connectivity index (χ4v) is 2.23. The van der Waals surface area contributed by atoms with Crippen LogP contribution in [-0.2, 0) is 0 Å². The average molecular weight is 289 g/mol. The summed E-state index contributed by atoms with van der Waals surface area (Å²) in [4.78, 5) is 0. The van der Waals surface area contributed by atoms with E-state index in [4.69, 9.17) is 9.47 Å². The monoisotopic (exact) mass is 289 g/mol. The van der Waals surface area contributed by atoms with Crippen LogP contribution in [0.2, 0.25) is 0 Å². The van der Waals surface area contributed by atoms with Gasteiger partial charge in [0.25, 0.3) is 0 Å². The number of halogens is 1. The molecule has 4 heteroatoms. The summed E-state index contributed by atoms with van der Waals surface area (Å²) in [6.45, 7) is 3.82. The van der Waals surface area contributed by atoms with Crippen molar-refractivity contribution in [2.45, 2.75) is 19.9 Å². The smallest absolute Gasteiger partial charge is 0.146 e. The van der Waals surface area contributed by atoms with E-state index >= 15 is 0 Å². The third-order valence-corrected chi connectivity index (χ3v) is 3.40. The number of hydrogen-bond acceptors (Lipinski definition) is 3. The third-order valence-electron chi connectivity index (χ3n) is 3.40. The van der Waals surface area contributed by atoms with Gasteiger partial charge in [0.15, 0.2) is 0 Å². The average Bonchev–Trinajstić information content (AvgIpc) is 2.49. The van der Waals surface area contributed by atoms with E-state index in [0.717, 1.165) is 22.6 Å². The molecule has 0 aliphatic rings. The lowest BCUT2D eigenvalue weighted by Gasteiger charge is -2.19. The van der Waals surface area contributed by atoms with Crippen LogP contribution in [0.3, 0.4) is 0 Å². The molecule has 0 amide bonds. The highest BCUT2D eigenvalue weighted by Gasteiger charge is 2.14. The third kappa shape index (κ3) is 3.45. The van der Waals surface area contributed by atoms with Crippen LogP contribution in [0.5, 0.6) is 11.5 Å². The Bertz CT molecular complexity index is 628. The quantitative estimate of drug-likeness (QED) is 0.889. The van der Waals surface area contributed by atoms with Crippen molar-refractivity contribution in [3.8, 4) is 11.5 Å². The Hall–Kier alpha value is -2.23. The van der Waals surface area contributed by atoms with E-state index in [1.807, 2.05) is 38.1 Å². The number of anilines is 1. The fraction of sp³-hybridized carbons (Fsp3) is 0.294. The molecule has 1 atom stereocenters. The van der Waals surface area contributed by atoms with Gasteiger partial charge in [-0.1, -0.05) is 6.07 Å². The lowest BCUT2D eigenvalue weighted by molar-refractivity contribution is 0.397. The molecule has 1 N–H and O–H groups in total. The zero-order valence-corrected chi connectivity index (χ0v) is 12.7. The molecule has 2 aromatic rings. The van der Waals surface area contributed by atoms with E-state index < -0.39 is 0 Å². The molecule has 21 heavy (non-hydrogen) atoms. The first-order chi connectivity index (χ1) is 10.0. The van der Waals surface area contributed by atoms with Crippen LogP contribution >= 0.6 is 0 Å². The molecular weight excluding hydrogens is 269 g/mol. The van der Waals surface area contributed by atoms with E-state index in [1.54, 1.807) is 20.3 Å². The summed E-state index contributed by atoms with van der Waals surface area (Å²) in [5.41, 5.74) is 2.28. The van der Waals surface area contributed by atoms with Crippen molar-refractivity contribution < 1.29 is 13.9 Å². The molecule has 0 heterocycles. The predicted octanol–water partition coefficient (Wildman–Crippen LogP) is 4.32. The van der Waals surface area contributed by atoms with Crippen molar-refractivity contribution in [3.05, 3.63) is 53.3 Å². The summed E-state index contributed by atoms with van der Waals surface area (Å²) < 4.78 is 24.5. The Morgan fingerprint density at radius 1 is 1.05 bits per heavy atom. The first kappa shape index (κ1) is 15.2. The van der Waals surface area contributed by atoms with Crippen LogP contribution in [0, 0.1) is 12.7 Å². The minimum atomic E-state index is -0.260. The molecule has 1 unspecified atom stereocenters. The molecule has 0 radical (unpaired) electrons. The van der Waals surface area contributed by atoms with Gasteiger partial charge in [0.2, 0.25) is 0 Å². The Morgan fingerprint density at radius 2 is 1.81 bits per heavy atom. The number of aryl methyl sites for hydroxylation is 1. The Balaban J connectivity index is 2.28. The van der Waals surface area contributed by atoms with Gasteiger partial charge in [-0.05, 0) is 49.7 Å². The zero-order valence-electron chi connectivity index (χ0n) is 12.7. The molecule has 0 bridgehead atoms. The number of rotatable bonds is 5. The fourth-order valence-electron chi connectivity index (χ4n) is 2.23. The molecule has 3 nitrogen and oxygen atoms in total. The van der Waals surface area contributed by atoms with E-state index in [9.17, 15) is 4.39 Å². The highest BCUT2D eigenvalue weighted by Crippen LogP contribution is 2.31. The molecule has 0 aliphatic heterocycles. The molecule has 2 rings (SSSR count). The van der Waals surface area contributed by atoms with Gasteiger partial charge in [0.05, 0.1) is 25.9 Å². The van der Waals surface area contributed by atoms with Crippen LogP contribution in [0.4, 0.5) is 10.1 Å². The molecular formula is C17H20FNO2. The second-order valence-corrected chi connectivity index (χ2v) is 4.96. The molecule has 112 valence electrons. The van der Waals surface area contributed by atoms with Gasteiger partial charge in [-0.3, -0.25) is 0 Å². The number of methoxy groups -OCH3 is 2. The molecule has 0 aliphatic carbocycles. The molecule has 2 aromatic carbocycles. The van der Waals surface area contributed by atoms with E-state index in [1.165, 1.54) is 6.07 Å². The first-order valence-electron chi connectivity index (χ1n) is 6.79. The maximum absolute atomic E-state index is 13.9. The van der Waals surface area contributed by atoms with Crippen molar-refractivity contribution in [2.24, 2.45) is 0 Å². The number of benzene rings is 2. The van der Waals surface area contributed by atoms with E-state index in [2.05, 4.69) is 5.32 Å². The van der Waals surface area contributed by atoms with Crippen LogP contribution in [0.25, 0.3) is 0 Å². The summed E-state index contributed by atoms with van der Waals surface area (Å²) >= 11 is 0. The van der Waals surface area contributed by atoms with Crippen LogP contribution in [-0.4, -0.2) is 14.2 Å². The Kier molecular flexibility index (Phi) is 4.68. The predicted molar refractivity (Wildman–Crippen MR) is 82.7 cm³/mol. The van der Waals surface area contributed by atoms with Crippen molar-refractivity contribution in [2.75, 3.05) is 19.5 Å². The van der Waals surface area contributed by atoms with Gasteiger partial charge >= 0.3 is 0 Å². The summed E-state index contributed by atoms with van der Waals surface area (Å²) in [7, 11) is 3.23. The van der Waals surface area contributed by atoms with E-state index in [0.29, 0.717) is 5.69 Å². The van der Waals surface area contributed by atoms with Crippen molar-refractivity contribution >= 4 is 5.69 Å². The molecule has 0 aromatic heterocycles. The van der Waals surface area contributed by atoms with Crippen molar-refractivity contribution in [1.82, 2.24) is 0 Å². The summed E-state index contributed by atoms with van der Waals surface area (Å²) in [6, 6.07) is 10.6. The van der Waals surface area contributed by atoms with Gasteiger partial charge in [-0.25, -0.2) is 4.39 Å². The maximum Gasteiger partial charge on any atom is 0.146 e. The summed E-state index contributed by atoms with van der Waals surface area (Å²) in [5.74, 6) is 1.22. The SMILES string of the molecule is COc1ccc(OC)c(C(C)Nc2ccc(C)cc2F)c1. The Morgan fingerprint density at radius 3 is 2.43 bits per heavy atom. The van der Waals surface area contributed by atoms with Gasteiger partial charge < -0.3 is 14.8 Å². The zero-order chi connectivity index (χ0) is 15.4. The van der Waals surface area contributed by atoms with E-state index in [-0.39, 0.29) is 11.9 Å². The summed E-state index contributed by atoms with van der Waals surface area (Å²) in [6.07, 6.45) is 0. The topological polar surface area (TPSA) is 30.5 Å². The van der Waals surface area contributed by atoms with Gasteiger partial charge in [-0.15, -0.1) is 0 Å². The minimum Gasteiger partial charge on any atom is -0.497 e. The van der Waals surface area contributed by atoms with Crippen molar-refractivity contribution in [3.63, 3.8) is 0 Å². The Labute approximate surface area is 124 Å². The minimum absolute atomic E-state index is 0.118. The largest absolute Gasteiger partial charge is 0.497 e. The standard InChI is InChI=1S/C17H20FNO2/c1-11-5-7-16(15(18)9-11)19-12(2)14-10-13(20-3)6-8-17(14)21-4/h5-10,12,19H,1-4H3. The first-order valence-corrected chi connectivity index (χ1v) is 6.79. The van der Waals surface area contributed by atoms with Gasteiger partial charge in [0.1, 0.15) is 17.3 Å². The lowest BCUT2D eigenvalue weighted by Crippen LogP contribution is -2.09. The normalized spacial score (nSPS) is 11.9. The molecule has 0 saturated carbocycles. The number of hydrogen-bond donors (Lipinski definition) is 1. The molecule has 0 spiro atoms. The van der Waals surface area contributed by atoms with Crippen LogP contribution in [0.1, 0.15) is 24.1 Å². The number of nitrogens with one attached hydrogen (secondary N) is 1. The summed E-state index contributed by atoms with van der Waals surface area (Å²) in [5, 5.41) is 3.17. The maximum atomic E-state index is 13.9. The van der Waals surface area contributed by atoms with Gasteiger partial charge in [-0.2, -0.15) is 0 Å². The van der Waals surface area contributed by atoms with Crippen molar-refractivity contribution in [1.29, 1.82) is 0 Å².